The molecule has 0 N–H and O–H groups in total. The molecule has 0 heteroatoms. The molecule has 124 valence electrons. The smallest absolute Gasteiger partial charge is 0.0162 e. The Morgan fingerprint density at radius 1 is 0.773 bits per heavy atom. The molecule has 2 rings (SSSR count). The van der Waals surface area contributed by atoms with Gasteiger partial charge in [-0.25, -0.2) is 0 Å². The fourth-order valence-electron chi connectivity index (χ4n) is 4.01. The zero-order chi connectivity index (χ0) is 15.6. The number of rotatable bonds is 9. The lowest BCUT2D eigenvalue weighted by Gasteiger charge is -2.29. The second-order valence-electron chi connectivity index (χ2n) is 7.54. The lowest BCUT2D eigenvalue weighted by atomic mass is 9.77. The lowest BCUT2D eigenvalue weighted by Crippen LogP contribution is -2.13. The first kappa shape index (κ1) is 17.6. The van der Waals surface area contributed by atoms with Crippen LogP contribution in [0.15, 0.2) is 24.3 Å². The van der Waals surface area contributed by atoms with E-state index in [1.807, 2.05) is 0 Å². The Labute approximate surface area is 138 Å². The Bertz CT molecular complexity index is 381. The number of benzene rings is 1. The van der Waals surface area contributed by atoms with Crippen LogP contribution in [0, 0.1) is 12.8 Å². The van der Waals surface area contributed by atoms with Crippen LogP contribution >= 0.6 is 0 Å². The molecule has 0 spiro atoms. The molecule has 0 radical (unpaired) electrons. The van der Waals surface area contributed by atoms with Crippen molar-refractivity contribution in [3.05, 3.63) is 35.4 Å². The van der Waals surface area contributed by atoms with Crippen molar-refractivity contribution in [1.82, 2.24) is 0 Å². The predicted octanol–water partition coefficient (Wildman–Crippen LogP) is 7.41. The highest BCUT2D eigenvalue weighted by Crippen LogP contribution is 2.37. The maximum atomic E-state index is 2.36. The zero-order valence-electron chi connectivity index (χ0n) is 14.9. The van der Waals surface area contributed by atoms with Crippen molar-refractivity contribution < 1.29 is 0 Å². The fraction of sp³-hybridized carbons (Fsp3) is 0.727. The third kappa shape index (κ3) is 6.15. The summed E-state index contributed by atoms with van der Waals surface area (Å²) in [4.78, 5) is 0. The molecule has 0 aromatic heterocycles. The molecule has 1 aromatic rings. The molecule has 0 unspecified atom stereocenters. The average Bonchev–Trinajstić information content (AvgIpc) is 2.55. The van der Waals surface area contributed by atoms with Crippen molar-refractivity contribution in [3.63, 3.8) is 0 Å². The van der Waals surface area contributed by atoms with Crippen LogP contribution in [0.2, 0.25) is 0 Å². The van der Waals surface area contributed by atoms with E-state index >= 15 is 0 Å². The monoisotopic (exact) mass is 300 g/mol. The van der Waals surface area contributed by atoms with E-state index in [4.69, 9.17) is 0 Å². The fourth-order valence-corrected chi connectivity index (χ4v) is 4.01. The lowest BCUT2D eigenvalue weighted by molar-refractivity contribution is 0.302. The summed E-state index contributed by atoms with van der Waals surface area (Å²) in [6.07, 6.45) is 17.4. The average molecular weight is 301 g/mol. The maximum Gasteiger partial charge on any atom is -0.0162 e. The molecule has 0 atom stereocenters. The molecule has 22 heavy (non-hydrogen) atoms. The number of hydrogen-bond donors (Lipinski definition) is 0. The van der Waals surface area contributed by atoms with Crippen LogP contribution in [0.4, 0.5) is 0 Å². The topological polar surface area (TPSA) is 0 Å². The van der Waals surface area contributed by atoms with E-state index in [2.05, 4.69) is 38.1 Å². The first-order valence-electron chi connectivity index (χ1n) is 9.86. The van der Waals surface area contributed by atoms with Crippen molar-refractivity contribution in [2.75, 3.05) is 0 Å². The molecule has 1 saturated carbocycles. The van der Waals surface area contributed by atoms with Gasteiger partial charge in [0.2, 0.25) is 0 Å². The minimum Gasteiger partial charge on any atom is -0.0654 e. The van der Waals surface area contributed by atoms with E-state index in [-0.39, 0.29) is 0 Å². The standard InChI is InChI=1S/C22H36/c1-3-4-5-6-7-8-9-10-20-13-17-22(18-14-20)21-15-11-19(2)12-16-21/h11-12,15-16,20,22H,3-10,13-14,17-18H2,1-2H3. The Morgan fingerprint density at radius 3 is 2.00 bits per heavy atom. The Kier molecular flexibility index (Phi) is 8.05. The van der Waals surface area contributed by atoms with Crippen LogP contribution in [0.25, 0.3) is 0 Å². The molecule has 1 aromatic carbocycles. The Balaban J connectivity index is 1.56. The van der Waals surface area contributed by atoms with Crippen molar-refractivity contribution >= 4 is 0 Å². The SMILES string of the molecule is CCCCCCCCCC1CCC(c2ccc(C)cc2)CC1. The van der Waals surface area contributed by atoms with Crippen LogP contribution in [0.3, 0.4) is 0 Å². The van der Waals surface area contributed by atoms with Gasteiger partial charge in [-0.2, -0.15) is 0 Å². The highest BCUT2D eigenvalue weighted by Gasteiger charge is 2.21. The van der Waals surface area contributed by atoms with Gasteiger partial charge in [-0.15, -0.1) is 0 Å². The van der Waals surface area contributed by atoms with E-state index in [1.54, 1.807) is 5.56 Å². The van der Waals surface area contributed by atoms with Crippen LogP contribution in [-0.2, 0) is 0 Å². The van der Waals surface area contributed by atoms with Gasteiger partial charge in [0, 0.05) is 0 Å². The van der Waals surface area contributed by atoms with Gasteiger partial charge in [0.25, 0.3) is 0 Å². The summed E-state index contributed by atoms with van der Waals surface area (Å²) >= 11 is 0. The largest absolute Gasteiger partial charge is 0.0654 e. The second-order valence-corrected chi connectivity index (χ2v) is 7.54. The number of aryl methyl sites for hydroxylation is 1. The summed E-state index contributed by atoms with van der Waals surface area (Å²) in [6.45, 7) is 4.48. The van der Waals surface area contributed by atoms with Crippen LogP contribution in [0.1, 0.15) is 101 Å². The Morgan fingerprint density at radius 2 is 1.36 bits per heavy atom. The van der Waals surface area contributed by atoms with Gasteiger partial charge in [0.05, 0.1) is 0 Å². The first-order chi connectivity index (χ1) is 10.8. The second kappa shape index (κ2) is 10.1. The van der Waals surface area contributed by atoms with E-state index in [0.29, 0.717) is 0 Å². The van der Waals surface area contributed by atoms with E-state index in [0.717, 1.165) is 11.8 Å². The first-order valence-corrected chi connectivity index (χ1v) is 9.86. The van der Waals surface area contributed by atoms with Crippen molar-refractivity contribution in [2.24, 2.45) is 5.92 Å². The van der Waals surface area contributed by atoms with E-state index < -0.39 is 0 Å². The minimum absolute atomic E-state index is 0.839. The van der Waals surface area contributed by atoms with Crippen molar-refractivity contribution in [1.29, 1.82) is 0 Å². The highest BCUT2D eigenvalue weighted by molar-refractivity contribution is 5.24. The molecule has 0 saturated heterocycles. The third-order valence-electron chi connectivity index (χ3n) is 5.61. The van der Waals surface area contributed by atoms with Crippen LogP contribution < -0.4 is 0 Å². The van der Waals surface area contributed by atoms with Gasteiger partial charge in [0.1, 0.15) is 0 Å². The summed E-state index contributed by atoms with van der Waals surface area (Å²) in [7, 11) is 0. The van der Waals surface area contributed by atoms with Crippen LogP contribution in [-0.4, -0.2) is 0 Å². The normalized spacial score (nSPS) is 21.9. The molecule has 1 fully saturated rings. The summed E-state index contributed by atoms with van der Waals surface area (Å²) < 4.78 is 0. The molecule has 0 aliphatic heterocycles. The summed E-state index contributed by atoms with van der Waals surface area (Å²) in [5.74, 6) is 1.86. The molecule has 0 amide bonds. The molecule has 0 nitrogen and oxygen atoms in total. The molecule has 0 bridgehead atoms. The third-order valence-corrected chi connectivity index (χ3v) is 5.61. The van der Waals surface area contributed by atoms with Gasteiger partial charge in [0.15, 0.2) is 0 Å². The highest BCUT2D eigenvalue weighted by atomic mass is 14.3. The zero-order valence-corrected chi connectivity index (χ0v) is 14.9. The summed E-state index contributed by atoms with van der Waals surface area (Å²) in [5.41, 5.74) is 2.97. The quantitative estimate of drug-likeness (QED) is 0.416. The minimum atomic E-state index is 0.839. The van der Waals surface area contributed by atoms with Gasteiger partial charge in [-0.1, -0.05) is 88.1 Å². The molecule has 1 aliphatic carbocycles. The van der Waals surface area contributed by atoms with Crippen molar-refractivity contribution in [3.8, 4) is 0 Å². The number of hydrogen-bond acceptors (Lipinski definition) is 0. The van der Waals surface area contributed by atoms with Gasteiger partial charge in [-0.05, 0) is 50.0 Å². The summed E-state index contributed by atoms with van der Waals surface area (Å²) in [5, 5.41) is 0. The van der Waals surface area contributed by atoms with E-state index in [9.17, 15) is 0 Å². The van der Waals surface area contributed by atoms with Gasteiger partial charge in [-0.3, -0.25) is 0 Å². The van der Waals surface area contributed by atoms with E-state index in [1.165, 1.54) is 82.6 Å². The number of unbranched alkanes of at least 4 members (excludes halogenated alkanes) is 6. The Hall–Kier alpha value is -0.780. The van der Waals surface area contributed by atoms with Gasteiger partial charge >= 0.3 is 0 Å². The van der Waals surface area contributed by atoms with Gasteiger partial charge < -0.3 is 0 Å². The van der Waals surface area contributed by atoms with Crippen molar-refractivity contribution in [2.45, 2.75) is 96.8 Å². The molecule has 0 heterocycles. The molecular weight excluding hydrogens is 264 g/mol. The summed E-state index contributed by atoms with van der Waals surface area (Å²) in [6, 6.07) is 9.27. The molecule has 1 aliphatic rings. The maximum absolute atomic E-state index is 2.36. The van der Waals surface area contributed by atoms with Crippen LogP contribution in [0.5, 0.6) is 0 Å². The molecular formula is C22H36. The predicted molar refractivity (Wildman–Crippen MR) is 98.5 cm³/mol.